The molecule has 6 nitrogen and oxygen atoms in total. The number of aryl methyl sites for hydroxylation is 2. The predicted octanol–water partition coefficient (Wildman–Crippen LogP) is 1.12. The Hall–Kier alpha value is -2.02. The molecule has 2 aromatic rings. The van der Waals surface area contributed by atoms with E-state index >= 15 is 0 Å². The lowest BCUT2D eigenvalue weighted by Gasteiger charge is -2.10. The molecule has 100 valence electrons. The molecule has 19 heavy (non-hydrogen) atoms. The fraction of sp³-hybridized carbons (Fsp3) is 0.333. The minimum atomic E-state index is 0.353. The van der Waals surface area contributed by atoms with Crippen molar-refractivity contribution in [1.29, 1.82) is 0 Å². The van der Waals surface area contributed by atoms with Gasteiger partial charge in [-0.05, 0) is 25.5 Å². The van der Waals surface area contributed by atoms with Gasteiger partial charge in [-0.15, -0.1) is 5.10 Å². The summed E-state index contributed by atoms with van der Waals surface area (Å²) >= 11 is 5.01. The maximum atomic E-state index is 5.68. The summed E-state index contributed by atoms with van der Waals surface area (Å²) in [5.41, 5.74) is 7.38. The monoisotopic (exact) mass is 276 g/mol. The molecule has 0 amide bonds. The molecule has 0 radical (unpaired) electrons. The van der Waals surface area contributed by atoms with E-state index in [-0.39, 0.29) is 0 Å². The summed E-state index contributed by atoms with van der Waals surface area (Å²) in [6, 6.07) is 3.79. The van der Waals surface area contributed by atoms with Gasteiger partial charge in [-0.2, -0.15) is 0 Å². The highest BCUT2D eigenvalue weighted by Gasteiger charge is 2.06. The molecule has 2 aromatic heterocycles. The molecule has 0 atom stereocenters. The molecule has 0 aliphatic rings. The van der Waals surface area contributed by atoms with E-state index in [1.54, 1.807) is 10.9 Å². The molecule has 7 heteroatoms. The number of nitrogens with one attached hydrogen (secondary N) is 1. The third kappa shape index (κ3) is 3.72. The fourth-order valence-electron chi connectivity index (χ4n) is 1.69. The zero-order valence-corrected chi connectivity index (χ0v) is 11.5. The summed E-state index contributed by atoms with van der Waals surface area (Å²) in [7, 11) is 0. The highest BCUT2D eigenvalue weighted by Crippen LogP contribution is 2.13. The average Bonchev–Trinajstić information content (AvgIpc) is 2.87. The van der Waals surface area contributed by atoms with Crippen molar-refractivity contribution < 1.29 is 0 Å². The molecule has 0 unspecified atom stereocenters. The van der Waals surface area contributed by atoms with Crippen LogP contribution in [0, 0.1) is 6.92 Å². The van der Waals surface area contributed by atoms with Gasteiger partial charge in [0.05, 0.1) is 11.8 Å². The number of hydrogen-bond donors (Lipinski definition) is 2. The average molecular weight is 276 g/mol. The quantitative estimate of drug-likeness (QED) is 0.608. The first kappa shape index (κ1) is 13.4. The smallest absolute Gasteiger partial charge is 0.136 e. The van der Waals surface area contributed by atoms with Gasteiger partial charge in [-0.3, -0.25) is 4.68 Å². The molecular weight excluding hydrogens is 260 g/mol. The van der Waals surface area contributed by atoms with E-state index in [2.05, 4.69) is 20.6 Å². The number of anilines is 1. The van der Waals surface area contributed by atoms with Gasteiger partial charge in [-0.25, -0.2) is 4.98 Å². The lowest BCUT2D eigenvalue weighted by atomic mass is 10.2. The Morgan fingerprint density at radius 2 is 2.32 bits per heavy atom. The van der Waals surface area contributed by atoms with E-state index in [0.717, 1.165) is 36.6 Å². The SMILES string of the molecule is Cc1ccc(C(N)=S)c(NCCCn2ccnn2)n1. The zero-order valence-electron chi connectivity index (χ0n) is 10.7. The fourth-order valence-corrected chi connectivity index (χ4v) is 1.85. The van der Waals surface area contributed by atoms with Gasteiger partial charge >= 0.3 is 0 Å². The van der Waals surface area contributed by atoms with Crippen LogP contribution in [0.25, 0.3) is 0 Å². The summed E-state index contributed by atoms with van der Waals surface area (Å²) in [6.07, 6.45) is 4.42. The minimum absolute atomic E-state index is 0.353. The maximum Gasteiger partial charge on any atom is 0.136 e. The molecule has 2 rings (SSSR count). The Kier molecular flexibility index (Phi) is 4.40. The molecule has 0 spiro atoms. The topological polar surface area (TPSA) is 81.6 Å². The number of pyridine rings is 1. The van der Waals surface area contributed by atoms with Crippen LogP contribution in [0.4, 0.5) is 5.82 Å². The highest BCUT2D eigenvalue weighted by atomic mass is 32.1. The van der Waals surface area contributed by atoms with Crippen molar-refractivity contribution in [3.63, 3.8) is 0 Å². The molecule has 3 N–H and O–H groups in total. The largest absolute Gasteiger partial charge is 0.389 e. The molecule has 0 bridgehead atoms. The second-order valence-electron chi connectivity index (χ2n) is 4.16. The number of rotatable bonds is 6. The Morgan fingerprint density at radius 3 is 3.00 bits per heavy atom. The van der Waals surface area contributed by atoms with Crippen LogP contribution in [0.1, 0.15) is 17.7 Å². The number of thiocarbonyl (C=S) groups is 1. The number of nitrogens with two attached hydrogens (primary N) is 1. The summed E-state index contributed by atoms with van der Waals surface area (Å²) in [5.74, 6) is 0.742. The first-order valence-electron chi connectivity index (χ1n) is 6.02. The Balaban J connectivity index is 1.91. The van der Waals surface area contributed by atoms with Crippen LogP contribution >= 0.6 is 12.2 Å². The molecule has 0 saturated heterocycles. The van der Waals surface area contributed by atoms with Crippen molar-refractivity contribution in [2.24, 2.45) is 5.73 Å². The van der Waals surface area contributed by atoms with Gasteiger partial charge in [0, 0.05) is 25.0 Å². The Bertz CT molecular complexity index is 551. The van der Waals surface area contributed by atoms with E-state index in [1.807, 2.05) is 25.3 Å². The molecule has 0 saturated carbocycles. The summed E-state index contributed by atoms with van der Waals surface area (Å²) in [4.78, 5) is 4.77. The van der Waals surface area contributed by atoms with Crippen molar-refractivity contribution in [2.75, 3.05) is 11.9 Å². The number of nitrogens with zero attached hydrogens (tertiary/aromatic N) is 4. The summed E-state index contributed by atoms with van der Waals surface area (Å²) in [5, 5.41) is 10.9. The van der Waals surface area contributed by atoms with Crippen LogP contribution < -0.4 is 11.1 Å². The van der Waals surface area contributed by atoms with Crippen molar-refractivity contribution in [3.05, 3.63) is 35.8 Å². The van der Waals surface area contributed by atoms with Crippen LogP contribution in [0.15, 0.2) is 24.5 Å². The van der Waals surface area contributed by atoms with Crippen LogP contribution in [-0.4, -0.2) is 31.5 Å². The lowest BCUT2D eigenvalue weighted by Crippen LogP contribution is -2.16. The van der Waals surface area contributed by atoms with E-state index in [0.29, 0.717) is 4.99 Å². The van der Waals surface area contributed by atoms with E-state index < -0.39 is 0 Å². The second-order valence-corrected chi connectivity index (χ2v) is 4.60. The van der Waals surface area contributed by atoms with Crippen molar-refractivity contribution >= 4 is 23.0 Å². The van der Waals surface area contributed by atoms with E-state index in [4.69, 9.17) is 18.0 Å². The Morgan fingerprint density at radius 1 is 1.47 bits per heavy atom. The summed E-state index contributed by atoms with van der Waals surface area (Å²) in [6.45, 7) is 3.51. The normalized spacial score (nSPS) is 10.4. The third-order valence-corrected chi connectivity index (χ3v) is 2.85. The number of aromatic nitrogens is 4. The van der Waals surface area contributed by atoms with Crippen LogP contribution in [-0.2, 0) is 6.54 Å². The molecular formula is C12H16N6S. The predicted molar refractivity (Wildman–Crippen MR) is 78.0 cm³/mol. The van der Waals surface area contributed by atoms with Crippen molar-refractivity contribution in [2.45, 2.75) is 19.9 Å². The number of hydrogen-bond acceptors (Lipinski definition) is 5. The third-order valence-electron chi connectivity index (χ3n) is 2.63. The second kappa shape index (κ2) is 6.24. The Labute approximate surface area is 117 Å². The first-order chi connectivity index (χ1) is 9.16. The molecule has 0 fully saturated rings. The molecule has 0 aromatic carbocycles. The zero-order chi connectivity index (χ0) is 13.7. The highest BCUT2D eigenvalue weighted by molar-refractivity contribution is 7.80. The standard InChI is InChI=1S/C12H16N6S/c1-9-3-4-10(11(13)19)12(16-9)14-5-2-7-18-8-6-15-17-18/h3-4,6,8H,2,5,7H2,1H3,(H2,13,19)(H,14,16). The maximum absolute atomic E-state index is 5.68. The summed E-state index contributed by atoms with van der Waals surface area (Å²) < 4.78 is 1.79. The van der Waals surface area contributed by atoms with Crippen LogP contribution in [0.3, 0.4) is 0 Å². The van der Waals surface area contributed by atoms with E-state index in [1.165, 1.54) is 0 Å². The molecule has 2 heterocycles. The van der Waals surface area contributed by atoms with Gasteiger partial charge < -0.3 is 11.1 Å². The van der Waals surface area contributed by atoms with Gasteiger partial charge in [0.1, 0.15) is 10.8 Å². The van der Waals surface area contributed by atoms with Crippen molar-refractivity contribution in [1.82, 2.24) is 20.0 Å². The molecule has 0 aliphatic heterocycles. The van der Waals surface area contributed by atoms with Gasteiger partial charge in [0.2, 0.25) is 0 Å². The lowest BCUT2D eigenvalue weighted by molar-refractivity contribution is 0.569. The van der Waals surface area contributed by atoms with Crippen LogP contribution in [0.2, 0.25) is 0 Å². The molecule has 0 aliphatic carbocycles. The van der Waals surface area contributed by atoms with E-state index in [9.17, 15) is 0 Å². The van der Waals surface area contributed by atoms with Gasteiger partial charge in [0.25, 0.3) is 0 Å². The van der Waals surface area contributed by atoms with Crippen LogP contribution in [0.5, 0.6) is 0 Å². The van der Waals surface area contributed by atoms with Gasteiger partial charge in [-0.1, -0.05) is 17.4 Å². The first-order valence-corrected chi connectivity index (χ1v) is 6.43. The van der Waals surface area contributed by atoms with Crippen molar-refractivity contribution in [3.8, 4) is 0 Å². The van der Waals surface area contributed by atoms with Gasteiger partial charge in [0.15, 0.2) is 0 Å². The minimum Gasteiger partial charge on any atom is -0.389 e.